The summed E-state index contributed by atoms with van der Waals surface area (Å²) in [7, 11) is 0. The maximum Gasteiger partial charge on any atom is 0.145 e. The van der Waals surface area contributed by atoms with Crippen molar-refractivity contribution in [1.29, 1.82) is 0 Å². The van der Waals surface area contributed by atoms with Gasteiger partial charge in [-0.3, -0.25) is 9.80 Å². The number of hydrogen-bond donors (Lipinski definition) is 0. The number of benzene rings is 6. The van der Waals surface area contributed by atoms with E-state index >= 15 is 0 Å². The second-order valence-electron chi connectivity index (χ2n) is 12.7. The van der Waals surface area contributed by atoms with Crippen LogP contribution in [0.3, 0.4) is 0 Å². The first kappa shape index (κ1) is 29.7. The molecule has 2 aromatic heterocycles. The number of anilines is 12. The van der Waals surface area contributed by atoms with Gasteiger partial charge in [-0.1, -0.05) is 84.9 Å². The van der Waals surface area contributed by atoms with E-state index in [1.807, 2.05) is 24.5 Å². The highest BCUT2D eigenvalue weighted by Crippen LogP contribution is 2.57. The van der Waals surface area contributed by atoms with Crippen LogP contribution in [0.5, 0.6) is 0 Å². The summed E-state index contributed by atoms with van der Waals surface area (Å²) in [4.78, 5) is 19.6. The summed E-state index contributed by atoms with van der Waals surface area (Å²) < 4.78 is 0. The van der Waals surface area contributed by atoms with Gasteiger partial charge in [0.1, 0.15) is 11.6 Å². The lowest BCUT2D eigenvalue weighted by Gasteiger charge is -2.41. The Morgan fingerprint density at radius 1 is 0.250 bits per heavy atom. The number of aromatic nitrogens is 2. The maximum absolute atomic E-state index is 5.15. The lowest BCUT2D eigenvalue weighted by atomic mass is 10.0. The molecule has 0 atom stereocenters. The summed E-state index contributed by atoms with van der Waals surface area (Å²) >= 11 is 0. The highest BCUT2D eigenvalue weighted by Gasteiger charge is 2.35. The van der Waals surface area contributed by atoms with Crippen molar-refractivity contribution in [3.05, 3.63) is 194 Å². The Labute approximate surface area is 302 Å². The molecule has 8 aromatic rings. The molecule has 0 aliphatic carbocycles. The smallest absolute Gasteiger partial charge is 0.145 e. The molecule has 0 saturated carbocycles. The molecule has 246 valence electrons. The van der Waals surface area contributed by atoms with E-state index in [9.17, 15) is 0 Å². The average Bonchev–Trinajstić information content (AvgIpc) is 3.22. The van der Waals surface area contributed by atoms with Crippen molar-refractivity contribution in [2.75, 3.05) is 19.6 Å². The van der Waals surface area contributed by atoms with Crippen LogP contribution in [0.25, 0.3) is 11.1 Å². The SMILES string of the molecule is c1ccc(N2c3ccccc3N(c3ncccc3-c3cccnc3N3c4ccccc4N(c4ccccc4)c4ccccc43)c3ccccc32)cc1. The van der Waals surface area contributed by atoms with Crippen LogP contribution in [0.4, 0.5) is 68.5 Å². The van der Waals surface area contributed by atoms with Crippen molar-refractivity contribution in [1.82, 2.24) is 9.97 Å². The van der Waals surface area contributed by atoms with E-state index in [1.54, 1.807) is 0 Å². The van der Waals surface area contributed by atoms with Crippen LogP contribution in [0.15, 0.2) is 194 Å². The van der Waals surface area contributed by atoms with Gasteiger partial charge in [0, 0.05) is 34.9 Å². The van der Waals surface area contributed by atoms with Gasteiger partial charge in [0.25, 0.3) is 0 Å². The summed E-state index contributed by atoms with van der Waals surface area (Å²) in [6, 6.07) is 63.7. The molecule has 2 aliphatic rings. The van der Waals surface area contributed by atoms with Crippen molar-refractivity contribution in [3.8, 4) is 11.1 Å². The molecular weight excluding hydrogens is 637 g/mol. The number of rotatable bonds is 5. The van der Waals surface area contributed by atoms with E-state index in [4.69, 9.17) is 9.97 Å². The van der Waals surface area contributed by atoms with E-state index in [1.165, 1.54) is 0 Å². The van der Waals surface area contributed by atoms with Crippen molar-refractivity contribution in [2.45, 2.75) is 0 Å². The zero-order chi connectivity index (χ0) is 34.4. The van der Waals surface area contributed by atoms with Crippen LogP contribution in [0.1, 0.15) is 0 Å². The third kappa shape index (κ3) is 4.66. The normalized spacial score (nSPS) is 12.8. The Bertz CT molecular complexity index is 2290. The Hall–Kier alpha value is -7.18. The van der Waals surface area contributed by atoms with Gasteiger partial charge >= 0.3 is 0 Å². The van der Waals surface area contributed by atoms with Gasteiger partial charge in [-0.25, -0.2) is 9.97 Å². The molecule has 4 heterocycles. The minimum absolute atomic E-state index is 0.828. The first-order valence-corrected chi connectivity index (χ1v) is 17.4. The fraction of sp³-hybridized carbons (Fsp3) is 0. The van der Waals surface area contributed by atoms with Crippen LogP contribution in [-0.4, -0.2) is 9.97 Å². The van der Waals surface area contributed by atoms with Gasteiger partial charge in [-0.2, -0.15) is 0 Å². The molecule has 0 fully saturated rings. The molecule has 0 bridgehead atoms. The fourth-order valence-electron chi connectivity index (χ4n) is 7.63. The quantitative estimate of drug-likeness (QED) is 0.182. The van der Waals surface area contributed by atoms with Gasteiger partial charge in [-0.05, 0) is 97.1 Å². The third-order valence-electron chi connectivity index (χ3n) is 9.77. The standard InChI is InChI=1S/C46H32N6/c1-3-17-33(18-4-1)49-37-23-7-11-27-41(37)51(42-28-12-8-24-38(42)49)45-35(21-15-31-47-45)36-22-16-32-48-46(36)52-43-29-13-9-25-39(43)50(34-19-5-2-6-20-34)40-26-10-14-30-44(40)52/h1-32H. The summed E-state index contributed by atoms with van der Waals surface area (Å²) in [5.74, 6) is 1.66. The second kappa shape index (κ2) is 12.3. The topological polar surface area (TPSA) is 38.7 Å². The molecular formula is C46H32N6. The van der Waals surface area contributed by atoms with E-state index in [0.29, 0.717) is 0 Å². The lowest BCUT2D eigenvalue weighted by molar-refractivity contribution is 1.11. The van der Waals surface area contributed by atoms with Gasteiger partial charge in [0.15, 0.2) is 0 Å². The van der Waals surface area contributed by atoms with Crippen LogP contribution in [0, 0.1) is 0 Å². The van der Waals surface area contributed by atoms with E-state index in [0.717, 1.165) is 79.6 Å². The highest BCUT2D eigenvalue weighted by molar-refractivity contribution is 6.06. The summed E-state index contributed by atoms with van der Waals surface area (Å²) in [6.07, 6.45) is 3.76. The average molecular weight is 669 g/mol. The molecule has 10 rings (SSSR count). The van der Waals surface area contributed by atoms with Crippen molar-refractivity contribution in [3.63, 3.8) is 0 Å². The van der Waals surface area contributed by atoms with Crippen LogP contribution in [-0.2, 0) is 0 Å². The van der Waals surface area contributed by atoms with E-state index in [-0.39, 0.29) is 0 Å². The minimum Gasteiger partial charge on any atom is -0.306 e. The molecule has 52 heavy (non-hydrogen) atoms. The molecule has 0 radical (unpaired) electrons. The Morgan fingerprint density at radius 2 is 0.519 bits per heavy atom. The zero-order valence-corrected chi connectivity index (χ0v) is 28.2. The molecule has 2 aliphatic heterocycles. The number of para-hydroxylation sites is 10. The molecule has 0 N–H and O–H groups in total. The Kier molecular flexibility index (Phi) is 7.03. The van der Waals surface area contributed by atoms with E-state index in [2.05, 4.69) is 189 Å². The molecule has 6 aromatic carbocycles. The molecule has 6 heteroatoms. The Balaban J connectivity index is 1.18. The Morgan fingerprint density at radius 3 is 0.827 bits per heavy atom. The maximum atomic E-state index is 5.15. The molecule has 0 unspecified atom stereocenters. The number of hydrogen-bond acceptors (Lipinski definition) is 6. The first-order valence-electron chi connectivity index (χ1n) is 17.4. The van der Waals surface area contributed by atoms with Crippen LogP contribution < -0.4 is 19.6 Å². The predicted octanol–water partition coefficient (Wildman–Crippen LogP) is 12.6. The monoisotopic (exact) mass is 668 g/mol. The van der Waals surface area contributed by atoms with Crippen molar-refractivity contribution in [2.24, 2.45) is 0 Å². The summed E-state index contributed by atoms with van der Waals surface area (Å²) in [5, 5.41) is 0. The lowest BCUT2D eigenvalue weighted by Crippen LogP contribution is -2.25. The predicted molar refractivity (Wildman–Crippen MR) is 213 cm³/mol. The van der Waals surface area contributed by atoms with E-state index < -0.39 is 0 Å². The number of nitrogens with zero attached hydrogens (tertiary/aromatic N) is 6. The van der Waals surface area contributed by atoms with Gasteiger partial charge in [0.2, 0.25) is 0 Å². The summed E-state index contributed by atoms with van der Waals surface area (Å²) in [6.45, 7) is 0. The first-order chi connectivity index (χ1) is 25.9. The van der Waals surface area contributed by atoms with Crippen LogP contribution in [0.2, 0.25) is 0 Å². The summed E-state index contributed by atoms with van der Waals surface area (Å²) in [5.41, 5.74) is 12.6. The second-order valence-corrected chi connectivity index (χ2v) is 12.7. The van der Waals surface area contributed by atoms with Crippen LogP contribution >= 0.6 is 0 Å². The van der Waals surface area contributed by atoms with Gasteiger partial charge in [0.05, 0.1) is 45.5 Å². The molecule has 0 amide bonds. The molecule has 0 spiro atoms. The molecule has 0 saturated heterocycles. The highest BCUT2D eigenvalue weighted by atomic mass is 15.3. The van der Waals surface area contributed by atoms with Crippen molar-refractivity contribution < 1.29 is 0 Å². The van der Waals surface area contributed by atoms with Gasteiger partial charge < -0.3 is 9.80 Å². The van der Waals surface area contributed by atoms with Gasteiger partial charge in [-0.15, -0.1) is 0 Å². The number of pyridine rings is 2. The largest absolute Gasteiger partial charge is 0.306 e. The molecule has 6 nitrogen and oxygen atoms in total. The third-order valence-corrected chi connectivity index (χ3v) is 9.77. The fourth-order valence-corrected chi connectivity index (χ4v) is 7.63. The zero-order valence-electron chi connectivity index (χ0n) is 28.2. The number of fused-ring (bicyclic) bond motifs is 4. The minimum atomic E-state index is 0.828. The van der Waals surface area contributed by atoms with Crippen molar-refractivity contribution >= 4 is 68.5 Å².